The van der Waals surface area contributed by atoms with Gasteiger partial charge in [0.25, 0.3) is 0 Å². The molecule has 0 unspecified atom stereocenters. The number of aliphatic carboxylic acids is 1. The monoisotopic (exact) mass is 353 g/mol. The SMILES string of the molecule is O=C(O)Cc1sc(CCCOc2ccccc2)nc1-c1ccccc1. The number of aryl methyl sites for hydroxylation is 1. The van der Waals surface area contributed by atoms with Crippen LogP contribution < -0.4 is 4.74 Å². The lowest BCUT2D eigenvalue weighted by Gasteiger charge is -2.04. The van der Waals surface area contributed by atoms with Gasteiger partial charge in [0.1, 0.15) is 5.75 Å². The largest absolute Gasteiger partial charge is 0.494 e. The summed E-state index contributed by atoms with van der Waals surface area (Å²) < 4.78 is 5.70. The quantitative estimate of drug-likeness (QED) is 0.608. The van der Waals surface area contributed by atoms with Crippen LogP contribution in [-0.2, 0) is 17.6 Å². The third-order valence-corrected chi connectivity index (χ3v) is 4.76. The van der Waals surface area contributed by atoms with Crippen LogP contribution in [0.15, 0.2) is 60.7 Å². The molecule has 0 amide bonds. The highest BCUT2D eigenvalue weighted by atomic mass is 32.1. The summed E-state index contributed by atoms with van der Waals surface area (Å²) in [7, 11) is 0. The number of benzene rings is 2. The molecule has 1 heterocycles. The van der Waals surface area contributed by atoms with E-state index in [1.165, 1.54) is 11.3 Å². The van der Waals surface area contributed by atoms with E-state index in [0.717, 1.165) is 39.7 Å². The van der Waals surface area contributed by atoms with Crippen molar-refractivity contribution in [1.82, 2.24) is 4.98 Å². The molecule has 0 saturated heterocycles. The first-order valence-electron chi connectivity index (χ1n) is 8.16. The number of thiazole rings is 1. The lowest BCUT2D eigenvalue weighted by molar-refractivity contribution is -0.136. The molecule has 3 rings (SSSR count). The Morgan fingerprint density at radius 2 is 1.72 bits per heavy atom. The normalized spacial score (nSPS) is 10.6. The molecule has 0 radical (unpaired) electrons. The number of hydrogen-bond acceptors (Lipinski definition) is 4. The average Bonchev–Trinajstić information content (AvgIpc) is 3.02. The molecule has 0 spiro atoms. The van der Waals surface area contributed by atoms with Gasteiger partial charge in [-0.25, -0.2) is 4.98 Å². The Balaban J connectivity index is 1.65. The van der Waals surface area contributed by atoms with Gasteiger partial charge in [0.15, 0.2) is 0 Å². The van der Waals surface area contributed by atoms with Crippen LogP contribution in [0.4, 0.5) is 0 Å². The molecule has 1 aromatic heterocycles. The third kappa shape index (κ3) is 4.90. The van der Waals surface area contributed by atoms with Crippen LogP contribution >= 0.6 is 11.3 Å². The van der Waals surface area contributed by atoms with E-state index in [0.29, 0.717) is 6.61 Å². The third-order valence-electron chi connectivity index (χ3n) is 3.65. The second-order valence-corrected chi connectivity index (χ2v) is 6.75. The highest BCUT2D eigenvalue weighted by Crippen LogP contribution is 2.29. The number of hydrogen-bond donors (Lipinski definition) is 1. The van der Waals surface area contributed by atoms with Gasteiger partial charge < -0.3 is 9.84 Å². The minimum atomic E-state index is -0.834. The fraction of sp³-hybridized carbons (Fsp3) is 0.200. The van der Waals surface area contributed by atoms with Crippen LogP contribution in [0.3, 0.4) is 0 Å². The predicted molar refractivity (Wildman–Crippen MR) is 99.1 cm³/mol. The van der Waals surface area contributed by atoms with E-state index in [4.69, 9.17) is 9.84 Å². The van der Waals surface area contributed by atoms with Crippen molar-refractivity contribution in [2.75, 3.05) is 6.61 Å². The molecule has 0 aliphatic rings. The van der Waals surface area contributed by atoms with E-state index in [1.54, 1.807) is 0 Å². The van der Waals surface area contributed by atoms with E-state index < -0.39 is 5.97 Å². The average molecular weight is 353 g/mol. The molecule has 4 nitrogen and oxygen atoms in total. The first-order chi connectivity index (χ1) is 12.2. The first kappa shape index (κ1) is 17.2. The van der Waals surface area contributed by atoms with E-state index in [2.05, 4.69) is 4.98 Å². The zero-order valence-corrected chi connectivity index (χ0v) is 14.5. The lowest BCUT2D eigenvalue weighted by atomic mass is 10.1. The van der Waals surface area contributed by atoms with Crippen molar-refractivity contribution in [2.45, 2.75) is 19.3 Å². The van der Waals surface area contributed by atoms with Gasteiger partial charge in [0.05, 0.1) is 23.7 Å². The van der Waals surface area contributed by atoms with Crippen molar-refractivity contribution in [3.05, 3.63) is 70.5 Å². The van der Waals surface area contributed by atoms with Gasteiger partial charge in [-0.3, -0.25) is 4.79 Å². The number of para-hydroxylation sites is 1. The van der Waals surface area contributed by atoms with Gasteiger partial charge in [-0.2, -0.15) is 0 Å². The fourth-order valence-corrected chi connectivity index (χ4v) is 3.64. The molecule has 5 heteroatoms. The molecule has 0 atom stereocenters. The summed E-state index contributed by atoms with van der Waals surface area (Å²) in [6, 6.07) is 19.4. The van der Waals surface area contributed by atoms with Crippen molar-refractivity contribution in [3.63, 3.8) is 0 Å². The Hall–Kier alpha value is -2.66. The molecule has 3 aromatic rings. The molecule has 2 aromatic carbocycles. The summed E-state index contributed by atoms with van der Waals surface area (Å²) in [5.41, 5.74) is 1.74. The van der Waals surface area contributed by atoms with Crippen LogP contribution in [-0.4, -0.2) is 22.7 Å². The number of carboxylic acid groups (broad SMARTS) is 1. The van der Waals surface area contributed by atoms with Crippen LogP contribution in [0.25, 0.3) is 11.3 Å². The standard InChI is InChI=1S/C20H19NO3S/c22-19(23)14-17-20(15-8-3-1-4-9-15)21-18(25-17)12-7-13-24-16-10-5-2-6-11-16/h1-6,8-11H,7,12-14H2,(H,22,23). The molecule has 0 saturated carbocycles. The molecule has 25 heavy (non-hydrogen) atoms. The smallest absolute Gasteiger partial charge is 0.308 e. The molecule has 1 N–H and O–H groups in total. The number of carboxylic acids is 1. The van der Waals surface area contributed by atoms with Gasteiger partial charge in [-0.15, -0.1) is 11.3 Å². The summed E-state index contributed by atoms with van der Waals surface area (Å²) in [6.07, 6.45) is 1.61. The predicted octanol–water partition coefficient (Wildman–Crippen LogP) is 4.45. The number of ether oxygens (including phenoxy) is 1. The maximum atomic E-state index is 11.1. The molecular formula is C20H19NO3S. The maximum absolute atomic E-state index is 11.1. The molecule has 0 aliphatic heterocycles. The Labute approximate surface area is 150 Å². The Morgan fingerprint density at radius 3 is 2.40 bits per heavy atom. The van der Waals surface area contributed by atoms with Crippen LogP contribution in [0.2, 0.25) is 0 Å². The van der Waals surface area contributed by atoms with E-state index in [9.17, 15) is 4.79 Å². The van der Waals surface area contributed by atoms with Gasteiger partial charge in [0, 0.05) is 16.9 Å². The zero-order chi connectivity index (χ0) is 17.5. The van der Waals surface area contributed by atoms with Crippen LogP contribution in [0.1, 0.15) is 16.3 Å². The second kappa shape index (κ2) is 8.44. The number of nitrogens with zero attached hydrogens (tertiary/aromatic N) is 1. The zero-order valence-electron chi connectivity index (χ0n) is 13.7. The van der Waals surface area contributed by atoms with Crippen LogP contribution in [0, 0.1) is 0 Å². The Bertz CT molecular complexity index is 815. The molecular weight excluding hydrogens is 334 g/mol. The van der Waals surface area contributed by atoms with E-state index >= 15 is 0 Å². The van der Waals surface area contributed by atoms with Gasteiger partial charge in [-0.1, -0.05) is 48.5 Å². The highest BCUT2D eigenvalue weighted by Gasteiger charge is 2.15. The fourth-order valence-electron chi connectivity index (χ4n) is 2.52. The van der Waals surface area contributed by atoms with Gasteiger partial charge >= 0.3 is 5.97 Å². The van der Waals surface area contributed by atoms with Gasteiger partial charge in [0.2, 0.25) is 0 Å². The number of carbonyl (C=O) groups is 1. The summed E-state index contributed by atoms with van der Waals surface area (Å²) in [6.45, 7) is 0.610. The molecule has 0 aliphatic carbocycles. The minimum absolute atomic E-state index is 0.00239. The summed E-state index contributed by atoms with van der Waals surface area (Å²) in [5, 5.41) is 10.1. The van der Waals surface area contributed by atoms with Crippen molar-refractivity contribution in [1.29, 1.82) is 0 Å². The molecule has 0 fully saturated rings. The second-order valence-electron chi connectivity index (χ2n) is 5.58. The summed E-state index contributed by atoms with van der Waals surface area (Å²) >= 11 is 1.48. The minimum Gasteiger partial charge on any atom is -0.494 e. The van der Waals surface area contributed by atoms with Gasteiger partial charge in [-0.05, 0) is 18.6 Å². The summed E-state index contributed by atoms with van der Waals surface area (Å²) in [4.78, 5) is 16.6. The summed E-state index contributed by atoms with van der Waals surface area (Å²) in [5.74, 6) is 0.0259. The topological polar surface area (TPSA) is 59.4 Å². The number of rotatable bonds is 8. The Kier molecular flexibility index (Phi) is 5.80. The highest BCUT2D eigenvalue weighted by molar-refractivity contribution is 7.12. The number of aromatic nitrogens is 1. The van der Waals surface area contributed by atoms with Crippen LogP contribution in [0.5, 0.6) is 5.75 Å². The first-order valence-corrected chi connectivity index (χ1v) is 8.97. The molecule has 0 bridgehead atoms. The van der Waals surface area contributed by atoms with Crippen molar-refractivity contribution < 1.29 is 14.6 Å². The molecule has 128 valence electrons. The van der Waals surface area contributed by atoms with E-state index in [1.807, 2.05) is 60.7 Å². The Morgan fingerprint density at radius 1 is 1.04 bits per heavy atom. The van der Waals surface area contributed by atoms with E-state index in [-0.39, 0.29) is 6.42 Å². The lowest BCUT2D eigenvalue weighted by Crippen LogP contribution is -1.99. The van der Waals surface area contributed by atoms with Crippen molar-refractivity contribution in [3.8, 4) is 17.0 Å². The van der Waals surface area contributed by atoms with Crippen molar-refractivity contribution in [2.24, 2.45) is 0 Å². The maximum Gasteiger partial charge on any atom is 0.308 e. The van der Waals surface area contributed by atoms with Crippen molar-refractivity contribution >= 4 is 17.3 Å².